The normalized spacial score (nSPS) is 12.5. The first-order valence-electron chi connectivity index (χ1n) is 18.0. The molecule has 53 heavy (non-hydrogen) atoms. The van der Waals surface area contributed by atoms with E-state index in [4.69, 9.17) is 14.4 Å². The van der Waals surface area contributed by atoms with Crippen LogP contribution in [0.4, 0.5) is 0 Å². The fourth-order valence-corrected chi connectivity index (χ4v) is 9.26. The van der Waals surface area contributed by atoms with Gasteiger partial charge in [0.1, 0.15) is 11.1 Å². The Bertz CT molecular complexity index is 3680. The average molecular weight is 675 g/mol. The van der Waals surface area contributed by atoms with E-state index in [-0.39, 0.29) is 0 Å². The zero-order valence-electron chi connectivity index (χ0n) is 28.2. The van der Waals surface area contributed by atoms with E-state index < -0.39 is 0 Å². The highest BCUT2D eigenvalue weighted by Crippen LogP contribution is 2.48. The first-order valence-corrected chi connectivity index (χ1v) is 18.0. The Balaban J connectivity index is 1.33. The van der Waals surface area contributed by atoms with E-state index in [0.29, 0.717) is 5.95 Å². The molecule has 5 aromatic heterocycles. The summed E-state index contributed by atoms with van der Waals surface area (Å²) in [5.41, 5.74) is 10.1. The molecule has 0 saturated carbocycles. The van der Waals surface area contributed by atoms with Crippen molar-refractivity contribution in [2.75, 3.05) is 0 Å². The SMILES string of the molecule is c1ccc(-c2nc(-n3c4cccc5c4c4c(cc6c7ccccc7oc6c43)c3cccc4c6ccccc6n5c34)nc3c2ccc2ccccc23)cc1. The molecule has 5 heterocycles. The van der Waals surface area contributed by atoms with Gasteiger partial charge in [-0.25, -0.2) is 9.97 Å². The smallest absolute Gasteiger partial charge is 0.235 e. The quantitative estimate of drug-likeness (QED) is 0.172. The van der Waals surface area contributed by atoms with Crippen LogP contribution in [0.1, 0.15) is 0 Å². The molecule has 0 N–H and O–H groups in total. The van der Waals surface area contributed by atoms with Gasteiger partial charge in [0, 0.05) is 54.0 Å². The minimum absolute atomic E-state index is 0.611. The molecule has 0 aliphatic heterocycles. The second-order valence-corrected chi connectivity index (χ2v) is 14.1. The molecule has 0 aliphatic carbocycles. The first-order chi connectivity index (χ1) is 26.3. The molecule has 13 rings (SSSR count). The van der Waals surface area contributed by atoms with Crippen molar-refractivity contribution in [3.63, 3.8) is 0 Å². The maximum Gasteiger partial charge on any atom is 0.235 e. The lowest BCUT2D eigenvalue weighted by Gasteiger charge is -2.13. The summed E-state index contributed by atoms with van der Waals surface area (Å²) >= 11 is 0. The molecule has 0 bridgehead atoms. The van der Waals surface area contributed by atoms with Crippen molar-refractivity contribution in [2.45, 2.75) is 0 Å². The predicted molar refractivity (Wildman–Crippen MR) is 219 cm³/mol. The van der Waals surface area contributed by atoms with E-state index in [1.165, 1.54) is 32.6 Å². The summed E-state index contributed by atoms with van der Waals surface area (Å²) < 4.78 is 11.6. The number of benzene rings is 8. The van der Waals surface area contributed by atoms with Crippen molar-refractivity contribution >= 4 is 104 Å². The second-order valence-electron chi connectivity index (χ2n) is 14.1. The Morgan fingerprint density at radius 1 is 0.434 bits per heavy atom. The van der Waals surface area contributed by atoms with Gasteiger partial charge >= 0.3 is 0 Å². The lowest BCUT2D eigenvalue weighted by molar-refractivity contribution is 0.671. The summed E-state index contributed by atoms with van der Waals surface area (Å²) in [5.74, 6) is 0.611. The molecular formula is C48H26N4O. The number of para-hydroxylation sites is 3. The molecule has 0 amide bonds. The number of rotatable bonds is 2. The number of furan rings is 1. The Morgan fingerprint density at radius 3 is 2.04 bits per heavy atom. The highest BCUT2D eigenvalue weighted by molar-refractivity contribution is 6.36. The van der Waals surface area contributed by atoms with Crippen LogP contribution in [-0.4, -0.2) is 18.9 Å². The first kappa shape index (κ1) is 27.5. The topological polar surface area (TPSA) is 48.3 Å². The molecule has 0 atom stereocenters. The third kappa shape index (κ3) is 3.42. The zero-order chi connectivity index (χ0) is 34.4. The average Bonchev–Trinajstić information content (AvgIpc) is 3.86. The molecule has 5 nitrogen and oxygen atoms in total. The van der Waals surface area contributed by atoms with Gasteiger partial charge in [-0.05, 0) is 47.2 Å². The zero-order valence-corrected chi connectivity index (χ0v) is 28.2. The molecule has 13 aromatic rings. The maximum absolute atomic E-state index is 6.91. The van der Waals surface area contributed by atoms with Crippen molar-refractivity contribution in [3.05, 3.63) is 158 Å². The van der Waals surface area contributed by atoms with Crippen molar-refractivity contribution in [1.29, 1.82) is 0 Å². The lowest BCUT2D eigenvalue weighted by atomic mass is 10.0. The Hall–Kier alpha value is -7.24. The summed E-state index contributed by atoms with van der Waals surface area (Å²) in [7, 11) is 0. The number of fused-ring (bicyclic) bond motifs is 12. The highest BCUT2D eigenvalue weighted by atomic mass is 16.3. The third-order valence-corrected chi connectivity index (χ3v) is 11.4. The maximum atomic E-state index is 6.91. The number of nitrogens with zero attached hydrogens (tertiary/aromatic N) is 4. The van der Waals surface area contributed by atoms with Gasteiger partial charge < -0.3 is 8.82 Å². The Kier molecular flexibility index (Phi) is 5.06. The minimum Gasteiger partial charge on any atom is -0.454 e. The van der Waals surface area contributed by atoms with Crippen LogP contribution in [0.25, 0.3) is 121 Å². The number of hydrogen-bond acceptors (Lipinski definition) is 3. The van der Waals surface area contributed by atoms with Crippen molar-refractivity contribution < 1.29 is 4.42 Å². The van der Waals surface area contributed by atoms with Crippen LogP contribution in [-0.2, 0) is 0 Å². The van der Waals surface area contributed by atoms with E-state index in [1.807, 2.05) is 6.07 Å². The van der Waals surface area contributed by atoms with Crippen molar-refractivity contribution in [1.82, 2.24) is 18.9 Å². The van der Waals surface area contributed by atoms with E-state index in [9.17, 15) is 0 Å². The molecule has 0 aliphatic rings. The summed E-state index contributed by atoms with van der Waals surface area (Å²) in [5, 5.41) is 12.6. The van der Waals surface area contributed by atoms with Crippen LogP contribution in [0.15, 0.2) is 162 Å². The van der Waals surface area contributed by atoms with Crippen LogP contribution >= 0.6 is 0 Å². The lowest BCUT2D eigenvalue weighted by Crippen LogP contribution is -2.04. The van der Waals surface area contributed by atoms with Gasteiger partial charge in [0.15, 0.2) is 5.58 Å². The fraction of sp³-hybridized carbons (Fsp3) is 0. The van der Waals surface area contributed by atoms with E-state index in [1.54, 1.807) is 0 Å². The molecular weight excluding hydrogens is 649 g/mol. The van der Waals surface area contributed by atoms with Gasteiger partial charge in [0.25, 0.3) is 0 Å². The van der Waals surface area contributed by atoms with Crippen molar-refractivity contribution in [3.8, 4) is 17.2 Å². The molecule has 0 unspecified atom stereocenters. The van der Waals surface area contributed by atoms with E-state index >= 15 is 0 Å². The van der Waals surface area contributed by atoms with Crippen LogP contribution in [0, 0.1) is 0 Å². The van der Waals surface area contributed by atoms with Gasteiger partial charge in [-0.2, -0.15) is 0 Å². The highest BCUT2D eigenvalue weighted by Gasteiger charge is 2.27. The molecule has 0 saturated heterocycles. The van der Waals surface area contributed by atoms with Crippen LogP contribution in [0.5, 0.6) is 0 Å². The minimum atomic E-state index is 0.611. The fourth-order valence-electron chi connectivity index (χ4n) is 9.26. The summed E-state index contributed by atoms with van der Waals surface area (Å²) in [4.78, 5) is 11.0. The van der Waals surface area contributed by atoms with E-state index in [0.717, 1.165) is 82.2 Å². The number of hydrogen-bond donors (Lipinski definition) is 0. The van der Waals surface area contributed by atoms with Crippen molar-refractivity contribution in [2.24, 2.45) is 0 Å². The predicted octanol–water partition coefficient (Wildman–Crippen LogP) is 12.6. The van der Waals surface area contributed by atoms with Gasteiger partial charge in [-0.15, -0.1) is 0 Å². The molecule has 5 heteroatoms. The molecule has 8 aromatic carbocycles. The van der Waals surface area contributed by atoms with Gasteiger partial charge in [-0.1, -0.05) is 121 Å². The summed E-state index contributed by atoms with van der Waals surface area (Å²) in [6.45, 7) is 0. The van der Waals surface area contributed by atoms with Crippen LogP contribution < -0.4 is 0 Å². The Labute approximate surface area is 300 Å². The molecule has 0 spiro atoms. The molecule has 244 valence electrons. The van der Waals surface area contributed by atoms with Gasteiger partial charge in [0.2, 0.25) is 5.95 Å². The van der Waals surface area contributed by atoms with Gasteiger partial charge in [0.05, 0.1) is 33.3 Å². The monoisotopic (exact) mass is 674 g/mol. The standard InChI is InChI=1S/C48H26N4O/c1-2-13-28(14-3-1)43-34-25-24-27-12-4-5-15-29(27)44(34)50-48(49-43)52-39-22-11-21-38-42(39)41-35(26-36-31-17-7-9-23-40(31)53-47(36)46(41)52)33-19-10-18-32-30-16-6-8-20-37(30)51(38)45(32)33/h1-26H. The Morgan fingerprint density at radius 2 is 1.13 bits per heavy atom. The van der Waals surface area contributed by atoms with Crippen LogP contribution in [0.2, 0.25) is 0 Å². The largest absolute Gasteiger partial charge is 0.454 e. The molecule has 0 radical (unpaired) electrons. The van der Waals surface area contributed by atoms with Gasteiger partial charge in [-0.3, -0.25) is 4.57 Å². The number of aromatic nitrogens is 4. The summed E-state index contributed by atoms with van der Waals surface area (Å²) in [6.07, 6.45) is 0. The second kappa shape index (κ2) is 9.75. The summed E-state index contributed by atoms with van der Waals surface area (Å²) in [6, 6.07) is 56.2. The van der Waals surface area contributed by atoms with Crippen LogP contribution in [0.3, 0.4) is 0 Å². The molecule has 0 fully saturated rings. The van der Waals surface area contributed by atoms with E-state index in [2.05, 4.69) is 161 Å². The third-order valence-electron chi connectivity index (χ3n) is 11.4.